The highest BCUT2D eigenvalue weighted by Gasteiger charge is 2.56. The maximum Gasteiger partial charge on any atom is 0.495 e. The van der Waals surface area contributed by atoms with Crippen LogP contribution in [0.2, 0.25) is 0 Å². The zero-order valence-electron chi connectivity index (χ0n) is 62.9. The van der Waals surface area contributed by atoms with Gasteiger partial charge in [0.15, 0.2) is 0 Å². The average molecular weight is 1360 g/mol. The molecule has 0 amide bonds. The minimum atomic E-state index is -0.547. The number of hydrogen-bond donors (Lipinski definition) is 0. The Labute approximate surface area is 586 Å². The van der Waals surface area contributed by atoms with Gasteiger partial charge in [0.05, 0.1) is 96.4 Å². The lowest BCUT2D eigenvalue weighted by Gasteiger charge is -2.32. The van der Waals surface area contributed by atoms with E-state index in [-0.39, 0.29) is 62.3 Å². The fourth-order valence-electron chi connectivity index (χ4n) is 11.6. The number of benzene rings is 4. The highest BCUT2D eigenvalue weighted by atomic mass is 16.7. The maximum atomic E-state index is 13.1. The summed E-state index contributed by atoms with van der Waals surface area (Å²) in [6.45, 7) is 48.1. The summed E-state index contributed by atoms with van der Waals surface area (Å²) in [5, 5.41) is 0. The van der Waals surface area contributed by atoms with Crippen molar-refractivity contribution in [2.45, 2.75) is 236 Å². The molecule has 536 valence electrons. The molecule has 4 fully saturated rings. The molecule has 4 aliphatic rings. The van der Waals surface area contributed by atoms with Crippen LogP contribution in [0.3, 0.4) is 0 Å². The molecule has 4 aliphatic heterocycles. The summed E-state index contributed by atoms with van der Waals surface area (Å²) in [5.41, 5.74) is 3.71. The molecule has 0 spiro atoms. The van der Waals surface area contributed by atoms with Gasteiger partial charge in [0, 0.05) is 52.4 Å². The third-order valence-electron chi connectivity index (χ3n) is 20.0. The van der Waals surface area contributed by atoms with Gasteiger partial charge in [0.2, 0.25) is 0 Å². The Balaban J connectivity index is 0.000000276. The van der Waals surface area contributed by atoms with E-state index in [1.54, 1.807) is 13.8 Å². The van der Waals surface area contributed by atoms with Crippen LogP contribution in [0.4, 0.5) is 0 Å². The lowest BCUT2D eigenvalue weighted by Crippen LogP contribution is -2.44. The van der Waals surface area contributed by atoms with Crippen LogP contribution in [0.15, 0.2) is 97.1 Å². The van der Waals surface area contributed by atoms with Crippen LogP contribution in [0.5, 0.6) is 0 Å². The fraction of sp³-hybridized carbons (Fsp3) is 0.622. The normalized spacial score (nSPS) is 19.2. The molecule has 4 saturated heterocycles. The largest absolute Gasteiger partial charge is 0.495 e. The molecule has 8 rings (SSSR count). The monoisotopic (exact) mass is 1360 g/mol. The Hall–Kier alpha value is -5.46. The highest BCUT2D eigenvalue weighted by molar-refractivity contribution is 6.64. The van der Waals surface area contributed by atoms with E-state index < -0.39 is 73.3 Å². The molecule has 4 heterocycles. The van der Waals surface area contributed by atoms with E-state index in [1.165, 1.54) is 0 Å². The van der Waals surface area contributed by atoms with Gasteiger partial charge in [-0.3, -0.25) is 38.8 Å². The minimum Gasteiger partial charge on any atom is -0.465 e. The third-order valence-corrected chi connectivity index (χ3v) is 20.0. The van der Waals surface area contributed by atoms with Gasteiger partial charge in [-0.05, 0) is 196 Å². The number of carbonyl (C=O) groups excluding carboxylic acids is 4. The summed E-state index contributed by atoms with van der Waals surface area (Å²) in [7, 11) is -2.17. The summed E-state index contributed by atoms with van der Waals surface area (Å²) in [6.07, 6.45) is -0.481. The van der Waals surface area contributed by atoms with Gasteiger partial charge < -0.3 is 56.2 Å². The number of esters is 4. The first kappa shape index (κ1) is 79.9. The summed E-state index contributed by atoms with van der Waals surface area (Å²) in [5.74, 6) is -1.25. The SMILES string of the molecule is CC(C)OC(=O)CN(CCN(CC(=O)OC(C)C)Cc1ccccc1B1OC(C)(C)C(C)(C)O1)Cc1ccccc1B1OC(C)(C)C(C)(C)O1.CCOC(=O)CN(CCN(CC(=O)OCC)Cc1ccccc1B1OC(C)(C)C(C)(C)O1)Cc1ccccc1B1OC(C)(C)C(C)(C)O1. The topological polar surface area (TPSA) is 192 Å². The van der Waals surface area contributed by atoms with Crippen molar-refractivity contribution in [3.05, 3.63) is 119 Å². The molecule has 24 heteroatoms. The lowest BCUT2D eigenvalue weighted by atomic mass is 9.75. The van der Waals surface area contributed by atoms with E-state index in [0.717, 1.165) is 44.1 Å². The van der Waals surface area contributed by atoms with Crippen LogP contribution < -0.4 is 21.9 Å². The van der Waals surface area contributed by atoms with Crippen LogP contribution in [0, 0.1) is 0 Å². The van der Waals surface area contributed by atoms with Gasteiger partial charge in [0.25, 0.3) is 0 Å². The zero-order valence-corrected chi connectivity index (χ0v) is 62.9. The summed E-state index contributed by atoms with van der Waals surface area (Å²) in [6, 6.07) is 32.0. The van der Waals surface area contributed by atoms with Gasteiger partial charge in [0.1, 0.15) is 0 Å². The molecule has 0 bridgehead atoms. The van der Waals surface area contributed by atoms with E-state index >= 15 is 0 Å². The molecule has 98 heavy (non-hydrogen) atoms. The molecule has 4 aromatic carbocycles. The van der Waals surface area contributed by atoms with E-state index in [1.807, 2.05) is 245 Å². The Kier molecular flexibility index (Phi) is 27.0. The van der Waals surface area contributed by atoms with E-state index in [2.05, 4.69) is 9.80 Å². The number of ether oxygens (including phenoxy) is 4. The molecule has 4 aromatic rings. The summed E-state index contributed by atoms with van der Waals surface area (Å²) in [4.78, 5) is 60.0. The van der Waals surface area contributed by atoms with Crippen molar-refractivity contribution >= 4 is 74.2 Å². The quantitative estimate of drug-likeness (QED) is 0.0275. The van der Waals surface area contributed by atoms with Crippen LogP contribution >= 0.6 is 0 Å². The molecular formula is C74H112B4N4O16. The molecule has 0 unspecified atom stereocenters. The predicted octanol–water partition coefficient (Wildman–Crippen LogP) is 8.21. The van der Waals surface area contributed by atoms with Crippen molar-refractivity contribution in [3.63, 3.8) is 0 Å². The predicted molar refractivity (Wildman–Crippen MR) is 385 cm³/mol. The summed E-state index contributed by atoms with van der Waals surface area (Å²) < 4.78 is 73.1. The van der Waals surface area contributed by atoms with Crippen molar-refractivity contribution < 1.29 is 75.4 Å². The summed E-state index contributed by atoms with van der Waals surface area (Å²) >= 11 is 0. The van der Waals surface area contributed by atoms with Crippen LogP contribution in [-0.4, -0.2) is 195 Å². The van der Waals surface area contributed by atoms with Crippen molar-refractivity contribution in [3.8, 4) is 0 Å². The highest BCUT2D eigenvalue weighted by Crippen LogP contribution is 2.40. The number of nitrogens with zero attached hydrogens (tertiary/aromatic N) is 4. The zero-order chi connectivity index (χ0) is 72.4. The van der Waals surface area contributed by atoms with Gasteiger partial charge >= 0.3 is 52.4 Å². The number of carbonyl (C=O) groups is 4. The fourth-order valence-corrected chi connectivity index (χ4v) is 11.6. The molecular weight excluding hydrogens is 1240 g/mol. The Morgan fingerprint density at radius 1 is 0.327 bits per heavy atom. The van der Waals surface area contributed by atoms with Crippen molar-refractivity contribution in [2.24, 2.45) is 0 Å². The van der Waals surface area contributed by atoms with Crippen LogP contribution in [-0.2, 0) is 102 Å². The maximum absolute atomic E-state index is 13.1. The Bertz CT molecular complexity index is 3040. The van der Waals surface area contributed by atoms with Gasteiger partial charge in [-0.2, -0.15) is 0 Å². The van der Waals surface area contributed by atoms with Gasteiger partial charge in [-0.1, -0.05) is 97.1 Å². The van der Waals surface area contributed by atoms with Crippen molar-refractivity contribution in [1.82, 2.24) is 19.6 Å². The van der Waals surface area contributed by atoms with Crippen LogP contribution in [0.25, 0.3) is 0 Å². The molecule has 0 radical (unpaired) electrons. The molecule has 0 N–H and O–H groups in total. The van der Waals surface area contributed by atoms with E-state index in [9.17, 15) is 19.2 Å². The first-order valence-electron chi connectivity index (χ1n) is 35.0. The molecule has 0 atom stereocenters. The van der Waals surface area contributed by atoms with Crippen molar-refractivity contribution in [1.29, 1.82) is 0 Å². The first-order chi connectivity index (χ1) is 45.7. The van der Waals surface area contributed by atoms with Crippen molar-refractivity contribution in [2.75, 3.05) is 65.6 Å². The minimum absolute atomic E-state index is 0.0741. The Morgan fingerprint density at radius 3 is 0.694 bits per heavy atom. The number of rotatable bonds is 30. The third kappa shape index (κ3) is 20.9. The van der Waals surface area contributed by atoms with Gasteiger partial charge in [-0.25, -0.2) is 0 Å². The molecule has 0 saturated carbocycles. The molecule has 20 nitrogen and oxygen atoms in total. The Morgan fingerprint density at radius 2 is 0.510 bits per heavy atom. The van der Waals surface area contributed by atoms with E-state index in [0.29, 0.717) is 65.6 Å². The second-order valence-corrected chi connectivity index (χ2v) is 30.7. The number of hydrogen-bond acceptors (Lipinski definition) is 20. The van der Waals surface area contributed by atoms with E-state index in [4.69, 9.17) is 56.2 Å². The lowest BCUT2D eigenvalue weighted by molar-refractivity contribution is -0.150. The standard InChI is InChI=1S/C38H58B2N2O8.C36H54B2N2O8/c1-27(2)45-33(43)25-41(23-29-17-13-15-19-31(29)39-47-35(5,6)36(7,8)48-39)21-22-42(26-34(44)46-28(3)4)24-30-18-14-16-20-32(30)40-49-37(9,10)38(11,12)50-40;1-11-43-31(41)25-39(23-27-17-13-15-19-29(27)37-45-33(3,4)34(5,6)46-37)21-22-40(26-32(42)44-12-2)24-28-18-14-16-20-30(28)38-47-35(7,8)36(9,10)48-38/h13-20,27-28H,21-26H2,1-12H3;13-20H,11-12,21-26H2,1-10H3. The second-order valence-electron chi connectivity index (χ2n) is 30.7. The van der Waals surface area contributed by atoms with Gasteiger partial charge in [-0.15, -0.1) is 0 Å². The molecule has 0 aromatic heterocycles. The van der Waals surface area contributed by atoms with Crippen LogP contribution in [0.1, 0.15) is 175 Å². The smallest absolute Gasteiger partial charge is 0.465 e. The second kappa shape index (κ2) is 33.1. The molecule has 0 aliphatic carbocycles. The first-order valence-corrected chi connectivity index (χ1v) is 35.0. The average Bonchev–Trinajstić information content (AvgIpc) is 1.65.